The van der Waals surface area contributed by atoms with Crippen LogP contribution in [0.25, 0.3) is 10.2 Å². The van der Waals surface area contributed by atoms with Gasteiger partial charge in [-0.2, -0.15) is 0 Å². The second-order valence-electron chi connectivity index (χ2n) is 6.45. The molecule has 0 radical (unpaired) electrons. The molecule has 6 nitrogen and oxygen atoms in total. The van der Waals surface area contributed by atoms with Crippen molar-refractivity contribution in [3.63, 3.8) is 0 Å². The maximum absolute atomic E-state index is 12.5. The number of methoxy groups -OCH3 is 1. The van der Waals surface area contributed by atoms with Crippen LogP contribution in [-0.4, -0.2) is 36.1 Å². The number of nitrogens with zero attached hydrogens (tertiary/aromatic N) is 3. The Balaban J connectivity index is 1.38. The Kier molecular flexibility index (Phi) is 5.13. The van der Waals surface area contributed by atoms with E-state index >= 15 is 0 Å². The third kappa shape index (κ3) is 3.99. The number of amides is 1. The van der Waals surface area contributed by atoms with Crippen LogP contribution in [-0.2, 0) is 4.79 Å². The molecule has 1 aliphatic heterocycles. The molecule has 2 aromatic heterocycles. The zero-order chi connectivity index (χ0) is 18.8. The van der Waals surface area contributed by atoms with E-state index in [9.17, 15) is 4.79 Å². The molecule has 0 unspecified atom stereocenters. The number of halogens is 1. The van der Waals surface area contributed by atoms with E-state index in [1.54, 1.807) is 36.8 Å². The van der Waals surface area contributed by atoms with Crippen molar-refractivity contribution in [2.45, 2.75) is 12.8 Å². The summed E-state index contributed by atoms with van der Waals surface area (Å²) in [5, 5.41) is 4.33. The molecule has 0 atom stereocenters. The van der Waals surface area contributed by atoms with Gasteiger partial charge in [0.15, 0.2) is 5.13 Å². The second kappa shape index (κ2) is 7.70. The third-order valence-electron chi connectivity index (χ3n) is 4.72. The molecule has 0 bridgehead atoms. The Morgan fingerprint density at radius 3 is 2.81 bits per heavy atom. The summed E-state index contributed by atoms with van der Waals surface area (Å²) in [4.78, 5) is 23.5. The van der Waals surface area contributed by atoms with Crippen molar-refractivity contribution < 1.29 is 9.53 Å². The van der Waals surface area contributed by atoms with E-state index in [1.165, 1.54) is 0 Å². The minimum atomic E-state index is -0.00796. The van der Waals surface area contributed by atoms with E-state index < -0.39 is 0 Å². The van der Waals surface area contributed by atoms with E-state index in [0.29, 0.717) is 10.8 Å². The smallest absolute Gasteiger partial charge is 0.227 e. The number of carbonyl (C=O) groups is 1. The van der Waals surface area contributed by atoms with Crippen molar-refractivity contribution >= 4 is 49.9 Å². The summed E-state index contributed by atoms with van der Waals surface area (Å²) in [6, 6.07) is 9.35. The molecule has 1 fully saturated rings. The number of rotatable bonds is 4. The fraction of sp³-hybridized carbons (Fsp3) is 0.316. The van der Waals surface area contributed by atoms with Crippen molar-refractivity contribution in [1.29, 1.82) is 0 Å². The molecule has 140 valence electrons. The summed E-state index contributed by atoms with van der Waals surface area (Å²) in [5.41, 5.74) is 1.65. The molecule has 0 spiro atoms. The van der Waals surface area contributed by atoms with Gasteiger partial charge < -0.3 is 15.0 Å². The van der Waals surface area contributed by atoms with E-state index in [1.807, 2.05) is 18.2 Å². The largest absolute Gasteiger partial charge is 0.497 e. The minimum absolute atomic E-state index is 0.00796. The molecule has 3 heterocycles. The van der Waals surface area contributed by atoms with Crippen molar-refractivity contribution in [2.24, 2.45) is 5.92 Å². The lowest BCUT2D eigenvalue weighted by atomic mass is 9.96. The van der Waals surface area contributed by atoms with Gasteiger partial charge in [-0.25, -0.2) is 9.97 Å². The van der Waals surface area contributed by atoms with E-state index in [4.69, 9.17) is 21.3 Å². The molecule has 27 heavy (non-hydrogen) atoms. The first kappa shape index (κ1) is 18.0. The summed E-state index contributed by atoms with van der Waals surface area (Å²) >= 11 is 7.44. The molecule has 1 N–H and O–H groups in total. The summed E-state index contributed by atoms with van der Waals surface area (Å²) < 4.78 is 6.39. The molecular formula is C19H19ClN4O2S. The van der Waals surface area contributed by atoms with Crippen LogP contribution >= 0.6 is 22.9 Å². The molecule has 4 rings (SSSR count). The van der Waals surface area contributed by atoms with Crippen LogP contribution < -0.4 is 15.0 Å². The number of ether oxygens (including phenoxy) is 1. The third-order valence-corrected chi connectivity index (χ3v) is 6.02. The minimum Gasteiger partial charge on any atom is -0.497 e. The topological polar surface area (TPSA) is 67.3 Å². The number of pyridine rings is 1. The molecule has 0 aliphatic carbocycles. The van der Waals surface area contributed by atoms with Gasteiger partial charge in [-0.15, -0.1) is 0 Å². The number of benzene rings is 1. The molecular weight excluding hydrogens is 384 g/mol. The van der Waals surface area contributed by atoms with Gasteiger partial charge in [0, 0.05) is 19.0 Å². The second-order valence-corrected chi connectivity index (χ2v) is 7.85. The number of fused-ring (bicyclic) bond motifs is 1. The number of piperidine rings is 1. The van der Waals surface area contributed by atoms with Crippen LogP contribution in [0.5, 0.6) is 5.75 Å². The first-order valence-corrected chi connectivity index (χ1v) is 9.94. The summed E-state index contributed by atoms with van der Waals surface area (Å²) in [6.07, 6.45) is 3.17. The lowest BCUT2D eigenvalue weighted by Crippen LogP contribution is -2.38. The van der Waals surface area contributed by atoms with E-state index in [-0.39, 0.29) is 11.8 Å². The number of thiazole rings is 1. The number of carbonyl (C=O) groups excluding carboxylic acids is 1. The van der Waals surface area contributed by atoms with Crippen LogP contribution in [0.2, 0.25) is 5.15 Å². The number of anilines is 2. The van der Waals surface area contributed by atoms with Crippen molar-refractivity contribution in [2.75, 3.05) is 30.4 Å². The molecule has 1 amide bonds. The van der Waals surface area contributed by atoms with Crippen LogP contribution in [0, 0.1) is 5.92 Å². The zero-order valence-electron chi connectivity index (χ0n) is 14.8. The highest BCUT2D eigenvalue weighted by atomic mass is 35.5. The monoisotopic (exact) mass is 402 g/mol. The Hall–Kier alpha value is -2.38. The molecule has 1 saturated heterocycles. The molecule has 1 aromatic carbocycles. The average Bonchev–Trinajstić information content (AvgIpc) is 3.13. The van der Waals surface area contributed by atoms with Crippen LogP contribution in [0.4, 0.5) is 10.8 Å². The van der Waals surface area contributed by atoms with Crippen LogP contribution in [0.15, 0.2) is 36.5 Å². The Morgan fingerprint density at radius 2 is 2.11 bits per heavy atom. The normalized spacial score (nSPS) is 15.1. The average molecular weight is 403 g/mol. The quantitative estimate of drug-likeness (QED) is 0.662. The first-order valence-electron chi connectivity index (χ1n) is 8.74. The van der Waals surface area contributed by atoms with E-state index in [2.05, 4.69) is 15.2 Å². The van der Waals surface area contributed by atoms with Gasteiger partial charge in [0.1, 0.15) is 10.9 Å². The van der Waals surface area contributed by atoms with Crippen molar-refractivity contribution in [3.05, 3.63) is 41.7 Å². The maximum atomic E-state index is 12.5. The fourth-order valence-electron chi connectivity index (χ4n) is 3.18. The molecule has 3 aromatic rings. The molecule has 8 heteroatoms. The lowest BCUT2D eigenvalue weighted by Gasteiger charge is -2.31. The number of hydrogen-bond donors (Lipinski definition) is 1. The molecule has 0 saturated carbocycles. The van der Waals surface area contributed by atoms with Crippen LogP contribution in [0.1, 0.15) is 12.8 Å². The Bertz CT molecular complexity index is 952. The standard InChI is InChI=1S/C19H19ClN4O2S/c1-26-14-3-4-15-16(10-14)27-19(23-15)24-8-6-12(7-9-24)18(25)22-13-2-5-17(20)21-11-13/h2-5,10-12H,6-9H2,1H3,(H,22,25). The van der Waals surface area contributed by atoms with Gasteiger partial charge in [-0.05, 0) is 43.2 Å². The predicted octanol–water partition coefficient (Wildman–Crippen LogP) is 4.21. The maximum Gasteiger partial charge on any atom is 0.227 e. The first-order chi connectivity index (χ1) is 13.1. The predicted molar refractivity (Wildman–Crippen MR) is 109 cm³/mol. The van der Waals surface area contributed by atoms with E-state index in [0.717, 1.165) is 47.0 Å². The highest BCUT2D eigenvalue weighted by molar-refractivity contribution is 7.22. The highest BCUT2D eigenvalue weighted by Gasteiger charge is 2.26. The Morgan fingerprint density at radius 1 is 1.30 bits per heavy atom. The van der Waals surface area contributed by atoms with Gasteiger partial charge in [-0.3, -0.25) is 4.79 Å². The van der Waals surface area contributed by atoms with Gasteiger partial charge in [0.25, 0.3) is 0 Å². The molecule has 1 aliphatic rings. The fourth-order valence-corrected chi connectivity index (χ4v) is 4.34. The number of nitrogens with one attached hydrogen (secondary N) is 1. The SMILES string of the molecule is COc1ccc2nc(N3CCC(C(=O)Nc4ccc(Cl)nc4)CC3)sc2c1. The summed E-state index contributed by atoms with van der Waals surface area (Å²) in [6.45, 7) is 1.63. The number of hydrogen-bond acceptors (Lipinski definition) is 6. The van der Waals surface area contributed by atoms with Gasteiger partial charge in [0.05, 0.1) is 29.2 Å². The van der Waals surface area contributed by atoms with Gasteiger partial charge in [0.2, 0.25) is 5.91 Å². The summed E-state index contributed by atoms with van der Waals surface area (Å²) in [7, 11) is 1.67. The van der Waals surface area contributed by atoms with Crippen molar-refractivity contribution in [3.8, 4) is 5.75 Å². The highest BCUT2D eigenvalue weighted by Crippen LogP contribution is 2.33. The van der Waals surface area contributed by atoms with Crippen LogP contribution in [0.3, 0.4) is 0 Å². The number of aromatic nitrogens is 2. The summed E-state index contributed by atoms with van der Waals surface area (Å²) in [5.74, 6) is 0.865. The van der Waals surface area contributed by atoms with Crippen molar-refractivity contribution in [1.82, 2.24) is 9.97 Å². The van der Waals surface area contributed by atoms with Gasteiger partial charge in [-0.1, -0.05) is 22.9 Å². The lowest BCUT2D eigenvalue weighted by molar-refractivity contribution is -0.120. The van der Waals surface area contributed by atoms with Gasteiger partial charge >= 0.3 is 0 Å². The zero-order valence-corrected chi connectivity index (χ0v) is 16.4. The Labute approximate surface area is 166 Å².